The van der Waals surface area contributed by atoms with Crippen LogP contribution in [0.5, 0.6) is 11.5 Å². The molecule has 0 bridgehead atoms. The minimum absolute atomic E-state index is 0.208. The van der Waals surface area contributed by atoms with Crippen LogP contribution in [0.2, 0.25) is 0 Å². The molecular formula is C26H26N6O2. The highest BCUT2D eigenvalue weighted by molar-refractivity contribution is 5.97. The van der Waals surface area contributed by atoms with E-state index in [1.54, 1.807) is 18.3 Å². The number of hydrogen-bond acceptors (Lipinski definition) is 7. The average molecular weight is 455 g/mol. The van der Waals surface area contributed by atoms with Crippen molar-refractivity contribution in [1.29, 1.82) is 0 Å². The first-order chi connectivity index (χ1) is 16.6. The molecule has 0 saturated heterocycles. The van der Waals surface area contributed by atoms with Crippen LogP contribution < -0.4 is 20.7 Å². The number of carbonyl (C=O) groups excluding carboxylic acids is 1. The molecule has 34 heavy (non-hydrogen) atoms. The summed E-state index contributed by atoms with van der Waals surface area (Å²) >= 11 is 0. The van der Waals surface area contributed by atoms with E-state index in [1.165, 1.54) is 0 Å². The first-order valence-corrected chi connectivity index (χ1v) is 11.0. The lowest BCUT2D eigenvalue weighted by molar-refractivity contribution is 0.0953. The van der Waals surface area contributed by atoms with Gasteiger partial charge >= 0.3 is 0 Å². The van der Waals surface area contributed by atoms with E-state index in [0.29, 0.717) is 53.4 Å². The number of rotatable bonds is 9. The molecule has 0 aliphatic heterocycles. The predicted octanol–water partition coefficient (Wildman–Crippen LogP) is 4.87. The van der Waals surface area contributed by atoms with Crippen LogP contribution >= 0.6 is 0 Å². The summed E-state index contributed by atoms with van der Waals surface area (Å²) in [6, 6.07) is 22.2. The zero-order chi connectivity index (χ0) is 23.8. The summed E-state index contributed by atoms with van der Waals surface area (Å²) in [7, 11) is 0. The maximum Gasteiger partial charge on any atom is 0.255 e. The van der Waals surface area contributed by atoms with Crippen molar-refractivity contribution in [1.82, 2.24) is 20.3 Å². The molecule has 1 amide bonds. The molecule has 172 valence electrons. The molecule has 0 saturated carbocycles. The Morgan fingerprint density at radius 2 is 1.62 bits per heavy atom. The molecule has 2 aromatic carbocycles. The Balaban J connectivity index is 1.32. The topological polar surface area (TPSA) is 101 Å². The number of carbonyl (C=O) groups is 1. The summed E-state index contributed by atoms with van der Waals surface area (Å²) in [4.78, 5) is 25.9. The van der Waals surface area contributed by atoms with E-state index < -0.39 is 0 Å². The monoisotopic (exact) mass is 454 g/mol. The molecule has 0 atom stereocenters. The molecule has 2 heterocycles. The van der Waals surface area contributed by atoms with Gasteiger partial charge in [-0.15, -0.1) is 0 Å². The second-order valence-electron chi connectivity index (χ2n) is 7.62. The van der Waals surface area contributed by atoms with Crippen molar-refractivity contribution in [3.05, 3.63) is 95.9 Å². The van der Waals surface area contributed by atoms with Crippen molar-refractivity contribution in [3.63, 3.8) is 0 Å². The van der Waals surface area contributed by atoms with Gasteiger partial charge in [0.25, 0.3) is 5.91 Å². The Morgan fingerprint density at radius 1 is 0.853 bits per heavy atom. The highest BCUT2D eigenvalue weighted by Crippen LogP contribution is 2.25. The van der Waals surface area contributed by atoms with E-state index in [-0.39, 0.29) is 5.91 Å². The molecule has 0 spiro atoms. The van der Waals surface area contributed by atoms with Crippen LogP contribution in [0.4, 0.5) is 17.5 Å². The number of anilines is 3. The zero-order valence-corrected chi connectivity index (χ0v) is 19.1. The number of hydrogen-bond donors (Lipinski definition) is 3. The quantitative estimate of drug-likeness (QED) is 0.310. The molecule has 8 heteroatoms. The largest absolute Gasteiger partial charge is 0.457 e. The van der Waals surface area contributed by atoms with Gasteiger partial charge in [-0.25, -0.2) is 15.0 Å². The molecular weight excluding hydrogens is 428 g/mol. The van der Waals surface area contributed by atoms with Crippen molar-refractivity contribution in [2.24, 2.45) is 0 Å². The van der Waals surface area contributed by atoms with Crippen LogP contribution in [0.25, 0.3) is 0 Å². The Hall–Kier alpha value is -4.46. The van der Waals surface area contributed by atoms with Crippen LogP contribution in [0.3, 0.4) is 0 Å². The number of benzene rings is 2. The van der Waals surface area contributed by atoms with E-state index in [9.17, 15) is 4.79 Å². The van der Waals surface area contributed by atoms with Crippen LogP contribution in [-0.2, 0) is 0 Å². The fraction of sp³-hybridized carbons (Fsp3) is 0.154. The van der Waals surface area contributed by atoms with Gasteiger partial charge < -0.3 is 20.7 Å². The molecule has 4 rings (SSSR count). The summed E-state index contributed by atoms with van der Waals surface area (Å²) in [6.07, 6.45) is 1.75. The Kier molecular flexibility index (Phi) is 7.29. The second-order valence-corrected chi connectivity index (χ2v) is 7.62. The normalized spacial score (nSPS) is 10.4. The van der Waals surface area contributed by atoms with Gasteiger partial charge in [0.2, 0.25) is 0 Å². The minimum Gasteiger partial charge on any atom is -0.457 e. The summed E-state index contributed by atoms with van der Waals surface area (Å²) in [5.74, 6) is 3.61. The molecule has 0 fully saturated rings. The van der Waals surface area contributed by atoms with Crippen LogP contribution in [0.1, 0.15) is 21.7 Å². The smallest absolute Gasteiger partial charge is 0.255 e. The lowest BCUT2D eigenvalue weighted by atomic mass is 10.2. The zero-order valence-electron chi connectivity index (χ0n) is 19.1. The minimum atomic E-state index is -0.208. The van der Waals surface area contributed by atoms with Crippen LogP contribution in [0.15, 0.2) is 79.0 Å². The fourth-order valence-corrected chi connectivity index (χ4v) is 3.28. The van der Waals surface area contributed by atoms with E-state index in [4.69, 9.17) is 4.74 Å². The van der Waals surface area contributed by atoms with Crippen molar-refractivity contribution in [2.45, 2.75) is 13.8 Å². The van der Waals surface area contributed by atoms with Gasteiger partial charge in [-0.3, -0.25) is 4.79 Å². The Labute approximate surface area is 198 Å². The number of amides is 1. The fourth-order valence-electron chi connectivity index (χ4n) is 3.28. The Bertz CT molecular complexity index is 1260. The van der Waals surface area contributed by atoms with Gasteiger partial charge in [-0.2, -0.15) is 0 Å². The van der Waals surface area contributed by atoms with Gasteiger partial charge in [0, 0.05) is 25.4 Å². The van der Waals surface area contributed by atoms with Gasteiger partial charge in [0.1, 0.15) is 34.8 Å². The summed E-state index contributed by atoms with van der Waals surface area (Å²) < 4.78 is 5.88. The highest BCUT2D eigenvalue weighted by atomic mass is 16.5. The number of pyridine rings is 1. The van der Waals surface area contributed by atoms with Crippen LogP contribution in [-0.4, -0.2) is 33.9 Å². The highest BCUT2D eigenvalue weighted by Gasteiger charge is 2.12. The third-order valence-electron chi connectivity index (χ3n) is 4.83. The molecule has 4 aromatic rings. The van der Waals surface area contributed by atoms with Gasteiger partial charge in [-0.05, 0) is 55.8 Å². The average Bonchev–Trinajstić information content (AvgIpc) is 2.82. The van der Waals surface area contributed by atoms with Crippen molar-refractivity contribution < 1.29 is 9.53 Å². The molecule has 0 unspecified atom stereocenters. The van der Waals surface area contributed by atoms with E-state index in [1.807, 2.05) is 74.5 Å². The maximum absolute atomic E-state index is 12.7. The standard InChI is InChI=1S/C26H26N6O2/c1-18-12-13-27-23(16-18)32-25-17-24(30-19(2)31-25)28-14-15-29-26(33)21-10-6-7-11-22(21)34-20-8-4-3-5-9-20/h3-13,16-17H,14-15H2,1-2H3,(H,29,33)(H2,27,28,30,31,32). The molecule has 8 nitrogen and oxygen atoms in total. The van der Waals surface area contributed by atoms with Gasteiger partial charge in [-0.1, -0.05) is 30.3 Å². The summed E-state index contributed by atoms with van der Waals surface area (Å²) in [5.41, 5.74) is 1.58. The van der Waals surface area contributed by atoms with E-state index >= 15 is 0 Å². The number of para-hydroxylation sites is 2. The molecule has 3 N–H and O–H groups in total. The van der Waals surface area contributed by atoms with Crippen molar-refractivity contribution in [3.8, 4) is 11.5 Å². The van der Waals surface area contributed by atoms with Gasteiger partial charge in [0.15, 0.2) is 0 Å². The third kappa shape index (κ3) is 6.29. The third-order valence-corrected chi connectivity index (χ3v) is 4.83. The molecule has 0 aliphatic rings. The SMILES string of the molecule is Cc1ccnc(Nc2cc(NCCNC(=O)c3ccccc3Oc3ccccc3)nc(C)n2)c1. The number of aromatic nitrogens is 3. The van der Waals surface area contributed by atoms with E-state index in [2.05, 4.69) is 30.9 Å². The Morgan fingerprint density at radius 3 is 2.44 bits per heavy atom. The summed E-state index contributed by atoms with van der Waals surface area (Å²) in [5, 5.41) is 9.34. The number of nitrogens with zero attached hydrogens (tertiary/aromatic N) is 3. The van der Waals surface area contributed by atoms with Crippen molar-refractivity contribution >= 4 is 23.4 Å². The molecule has 2 aromatic heterocycles. The van der Waals surface area contributed by atoms with Crippen molar-refractivity contribution in [2.75, 3.05) is 23.7 Å². The number of nitrogens with one attached hydrogen (secondary N) is 3. The van der Waals surface area contributed by atoms with Crippen LogP contribution in [0, 0.1) is 13.8 Å². The predicted molar refractivity (Wildman–Crippen MR) is 133 cm³/mol. The number of ether oxygens (including phenoxy) is 1. The maximum atomic E-state index is 12.7. The first kappa shape index (κ1) is 22.7. The second kappa shape index (κ2) is 10.9. The molecule has 0 radical (unpaired) electrons. The number of aryl methyl sites for hydroxylation is 2. The lowest BCUT2D eigenvalue weighted by Gasteiger charge is -2.12. The lowest BCUT2D eigenvalue weighted by Crippen LogP contribution is -2.29. The van der Waals surface area contributed by atoms with Gasteiger partial charge in [0.05, 0.1) is 5.56 Å². The summed E-state index contributed by atoms with van der Waals surface area (Å²) in [6.45, 7) is 4.73. The first-order valence-electron chi connectivity index (χ1n) is 11.0. The van der Waals surface area contributed by atoms with E-state index in [0.717, 1.165) is 5.56 Å². The molecule has 0 aliphatic carbocycles.